The lowest BCUT2D eigenvalue weighted by atomic mass is 9.78. The van der Waals surface area contributed by atoms with E-state index in [4.69, 9.17) is 25.2 Å². The van der Waals surface area contributed by atoms with Gasteiger partial charge in [-0.2, -0.15) is 0 Å². The van der Waals surface area contributed by atoms with E-state index in [0.29, 0.717) is 18.7 Å². The first kappa shape index (κ1) is 36.6. The number of halogens is 1. The second-order valence-electron chi connectivity index (χ2n) is 12.1. The van der Waals surface area contributed by atoms with Gasteiger partial charge in [0.2, 0.25) is 11.8 Å². The normalized spacial score (nSPS) is 23.5. The van der Waals surface area contributed by atoms with Crippen LogP contribution in [-0.2, 0) is 24.0 Å². The molecule has 0 aromatic heterocycles. The van der Waals surface area contributed by atoms with Gasteiger partial charge in [0, 0.05) is 38.8 Å². The van der Waals surface area contributed by atoms with E-state index in [1.165, 1.54) is 17.0 Å². The Morgan fingerprint density at radius 1 is 0.913 bits per heavy atom. The van der Waals surface area contributed by atoms with E-state index in [2.05, 4.69) is 9.80 Å². The first-order valence-corrected chi connectivity index (χ1v) is 15.1. The molecule has 2 saturated heterocycles. The van der Waals surface area contributed by atoms with Crippen LogP contribution < -0.4 is 9.64 Å². The number of hydrogen-bond acceptors (Lipinski definition) is 11. The van der Waals surface area contributed by atoms with Crippen LogP contribution in [0.15, 0.2) is 18.2 Å². The Morgan fingerprint density at radius 2 is 1.43 bits per heavy atom. The van der Waals surface area contributed by atoms with Crippen LogP contribution >= 0.6 is 0 Å². The van der Waals surface area contributed by atoms with E-state index < -0.39 is 60.4 Å². The number of likely N-dealkylation sites (tertiary alicyclic amines) is 1. The molecule has 46 heavy (non-hydrogen) atoms. The van der Waals surface area contributed by atoms with Crippen molar-refractivity contribution in [3.05, 3.63) is 24.0 Å². The zero-order chi connectivity index (χ0) is 34.3. The largest absolute Gasteiger partial charge is 0.489 e. The highest BCUT2D eigenvalue weighted by Gasteiger charge is 2.52. The third-order valence-corrected chi connectivity index (χ3v) is 8.23. The van der Waals surface area contributed by atoms with Crippen LogP contribution in [0.1, 0.15) is 46.0 Å². The summed E-state index contributed by atoms with van der Waals surface area (Å²) in [6.45, 7) is 8.06. The molecule has 1 aliphatic carbocycles. The molecule has 0 radical (unpaired) electrons. The Balaban J connectivity index is 0.000000376. The molecule has 16 heteroatoms. The number of carbonyl (C=O) groups excluding carboxylic acids is 2. The number of nitrogens with zero attached hydrogens (tertiary/aromatic N) is 3. The van der Waals surface area contributed by atoms with Crippen molar-refractivity contribution < 1.29 is 63.7 Å². The summed E-state index contributed by atoms with van der Waals surface area (Å²) in [7, 11) is 0. The van der Waals surface area contributed by atoms with Gasteiger partial charge in [-0.3, -0.25) is 29.0 Å². The van der Waals surface area contributed by atoms with E-state index in [9.17, 15) is 38.6 Å². The fourth-order valence-corrected chi connectivity index (χ4v) is 5.91. The summed E-state index contributed by atoms with van der Waals surface area (Å²) in [5.74, 6) is -6.07. The van der Waals surface area contributed by atoms with Crippen molar-refractivity contribution in [3.63, 3.8) is 0 Å². The number of carboxylic acid groups (broad SMARTS) is 3. The highest BCUT2D eigenvalue weighted by Crippen LogP contribution is 2.38. The fourth-order valence-electron chi connectivity index (χ4n) is 5.91. The molecule has 1 aromatic carbocycles. The summed E-state index contributed by atoms with van der Waals surface area (Å²) < 4.78 is 19.7. The minimum absolute atomic E-state index is 0.00173. The van der Waals surface area contributed by atoms with Crippen molar-refractivity contribution in [2.75, 3.05) is 44.2 Å². The molecule has 2 aliphatic heterocycles. The molecule has 4 rings (SSSR count). The number of ether oxygens (including phenoxy) is 1. The molecule has 2 amide bonds. The summed E-state index contributed by atoms with van der Waals surface area (Å²) in [6.07, 6.45) is -3.20. The van der Waals surface area contributed by atoms with Gasteiger partial charge in [-0.05, 0) is 51.8 Å². The van der Waals surface area contributed by atoms with E-state index >= 15 is 0 Å². The number of imide groups is 1. The Morgan fingerprint density at radius 3 is 1.89 bits per heavy atom. The van der Waals surface area contributed by atoms with Crippen molar-refractivity contribution in [2.24, 2.45) is 11.8 Å². The molecule has 15 nitrogen and oxygen atoms in total. The Hall–Kier alpha value is -3.86. The molecule has 6 N–H and O–H groups in total. The van der Waals surface area contributed by atoms with Gasteiger partial charge in [0.15, 0.2) is 5.60 Å². The maximum atomic E-state index is 13.9. The third kappa shape index (κ3) is 9.34. The van der Waals surface area contributed by atoms with Crippen LogP contribution in [0.2, 0.25) is 0 Å². The van der Waals surface area contributed by atoms with Crippen molar-refractivity contribution in [1.82, 2.24) is 9.80 Å². The first-order chi connectivity index (χ1) is 21.5. The number of aliphatic hydroxyl groups is 3. The smallest absolute Gasteiger partial charge is 0.336 e. The van der Waals surface area contributed by atoms with Crippen LogP contribution in [0.3, 0.4) is 0 Å². The minimum atomic E-state index is -2.74. The predicted molar refractivity (Wildman–Crippen MR) is 157 cm³/mol. The van der Waals surface area contributed by atoms with Gasteiger partial charge in [0.25, 0.3) is 0 Å². The average molecular weight is 656 g/mol. The zero-order valence-corrected chi connectivity index (χ0v) is 25.7. The average Bonchev–Trinajstić information content (AvgIpc) is 3.17. The van der Waals surface area contributed by atoms with Crippen LogP contribution in [0.5, 0.6) is 5.75 Å². The predicted octanol–water partition coefficient (Wildman–Crippen LogP) is -0.00670. The zero-order valence-electron chi connectivity index (χ0n) is 25.7. The summed E-state index contributed by atoms with van der Waals surface area (Å²) >= 11 is 0. The number of piperazine rings is 1. The SMILES string of the molecule is CC(C)Oc1ccc(F)cc1N1CCN(CCCN2C(=O)C3CC(O)C(O)CC3C2=O)CC1.O=C(O)CC(O)(CC(=O)O)C(=O)O. The van der Waals surface area contributed by atoms with Gasteiger partial charge in [-0.25, -0.2) is 9.18 Å². The number of aliphatic hydroxyl groups excluding tert-OH is 2. The number of amides is 2. The van der Waals surface area contributed by atoms with Crippen LogP contribution in [0.25, 0.3) is 0 Å². The Bertz CT molecular complexity index is 1240. The highest BCUT2D eigenvalue weighted by molar-refractivity contribution is 6.05. The molecular weight excluding hydrogens is 613 g/mol. The van der Waals surface area contributed by atoms with E-state index in [1.54, 1.807) is 6.07 Å². The summed E-state index contributed by atoms with van der Waals surface area (Å²) in [5.41, 5.74) is -1.97. The Kier molecular flexibility index (Phi) is 12.4. The topological polar surface area (TPSA) is 226 Å². The van der Waals surface area contributed by atoms with E-state index in [0.717, 1.165) is 38.4 Å². The number of anilines is 1. The molecule has 256 valence electrons. The lowest BCUT2D eigenvalue weighted by molar-refractivity contribution is -0.170. The highest BCUT2D eigenvalue weighted by atomic mass is 19.1. The van der Waals surface area contributed by atoms with E-state index in [1.807, 2.05) is 13.8 Å². The van der Waals surface area contributed by atoms with Gasteiger partial charge in [-0.1, -0.05) is 0 Å². The summed E-state index contributed by atoms with van der Waals surface area (Å²) in [6, 6.07) is 4.61. The van der Waals surface area contributed by atoms with Gasteiger partial charge in [-0.15, -0.1) is 0 Å². The van der Waals surface area contributed by atoms with Crippen molar-refractivity contribution >= 4 is 35.4 Å². The van der Waals surface area contributed by atoms with Crippen LogP contribution in [-0.4, -0.2) is 133 Å². The lowest BCUT2D eigenvalue weighted by Gasteiger charge is -2.37. The first-order valence-electron chi connectivity index (χ1n) is 15.1. The van der Waals surface area contributed by atoms with E-state index in [-0.39, 0.29) is 36.6 Å². The van der Waals surface area contributed by atoms with Crippen molar-refractivity contribution in [1.29, 1.82) is 0 Å². The molecule has 2 heterocycles. The quantitative estimate of drug-likeness (QED) is 0.163. The summed E-state index contributed by atoms with van der Waals surface area (Å²) in [4.78, 5) is 61.6. The molecule has 0 bridgehead atoms. The number of hydrogen-bond donors (Lipinski definition) is 6. The molecule has 1 saturated carbocycles. The number of aliphatic carboxylic acids is 3. The standard InChI is InChI=1S/C24H34FN3O5.C6H8O7/c1-15(2)33-22-5-4-16(25)12-19(22)27-10-8-26(9-11-27)6-3-7-28-23(31)17-13-20(29)21(30)14-18(17)24(28)32;7-3(8)1-6(13,5(11)12)2-4(9)10/h4-5,12,15,17-18,20-21,29-30H,3,6-11,13-14H2,1-2H3;13H,1-2H2,(H,7,8)(H,9,10)(H,11,12). The third-order valence-electron chi connectivity index (χ3n) is 8.23. The Labute approximate surface area is 264 Å². The number of rotatable bonds is 12. The molecule has 0 spiro atoms. The molecule has 3 fully saturated rings. The van der Waals surface area contributed by atoms with Crippen LogP contribution in [0.4, 0.5) is 10.1 Å². The number of fused-ring (bicyclic) bond motifs is 1. The molecule has 4 unspecified atom stereocenters. The lowest BCUT2D eigenvalue weighted by Crippen LogP contribution is -2.47. The number of benzene rings is 1. The fraction of sp³-hybridized carbons (Fsp3) is 0.633. The van der Waals surface area contributed by atoms with Crippen molar-refractivity contribution in [3.8, 4) is 5.75 Å². The summed E-state index contributed by atoms with van der Waals surface area (Å²) in [5, 5.41) is 53.5. The maximum absolute atomic E-state index is 13.9. The van der Waals surface area contributed by atoms with Gasteiger partial charge in [0.1, 0.15) is 11.6 Å². The molecular formula is C30H42FN3O12. The van der Waals surface area contributed by atoms with Crippen molar-refractivity contribution in [2.45, 2.75) is 69.9 Å². The molecule has 1 aromatic rings. The second-order valence-corrected chi connectivity index (χ2v) is 12.1. The number of carbonyl (C=O) groups is 5. The van der Waals surface area contributed by atoms with Gasteiger partial charge < -0.3 is 40.3 Å². The van der Waals surface area contributed by atoms with Gasteiger partial charge in [0.05, 0.1) is 48.7 Å². The van der Waals surface area contributed by atoms with Gasteiger partial charge >= 0.3 is 17.9 Å². The minimum Gasteiger partial charge on any atom is -0.489 e. The molecule has 4 atom stereocenters. The second kappa shape index (κ2) is 15.6. The van der Waals surface area contributed by atoms with Crippen LogP contribution in [0, 0.1) is 17.7 Å². The number of carboxylic acids is 3. The monoisotopic (exact) mass is 655 g/mol. The molecule has 3 aliphatic rings. The maximum Gasteiger partial charge on any atom is 0.336 e.